The fourth-order valence-electron chi connectivity index (χ4n) is 1.43. The van der Waals surface area contributed by atoms with E-state index in [9.17, 15) is 0 Å². The lowest BCUT2D eigenvalue weighted by Crippen LogP contribution is -2.18. The van der Waals surface area contributed by atoms with Crippen LogP contribution < -0.4 is 0 Å². The number of nitrogens with zero attached hydrogens (tertiary/aromatic N) is 3. The molecule has 1 rings (SSSR count). The molecule has 0 saturated carbocycles. The fourth-order valence-corrected chi connectivity index (χ4v) is 1.43. The van der Waals surface area contributed by atoms with E-state index in [-0.39, 0.29) is 5.60 Å². The van der Waals surface area contributed by atoms with Gasteiger partial charge in [-0.3, -0.25) is 0 Å². The first kappa shape index (κ1) is 18.0. The summed E-state index contributed by atoms with van der Waals surface area (Å²) in [6.45, 7) is 10.1. The third-order valence-electron chi connectivity index (χ3n) is 2.51. The van der Waals surface area contributed by atoms with Crippen molar-refractivity contribution in [2.75, 3.05) is 40.1 Å². The Balaban J connectivity index is 2.06. The molecule has 0 fully saturated rings. The second-order valence-electron chi connectivity index (χ2n) is 5.59. The summed E-state index contributed by atoms with van der Waals surface area (Å²) in [7, 11) is 1.65. The summed E-state index contributed by atoms with van der Waals surface area (Å²) in [5.41, 5.74) is 0.656. The number of aromatic nitrogens is 3. The van der Waals surface area contributed by atoms with Crippen LogP contribution in [-0.4, -0.2) is 60.7 Å². The Morgan fingerprint density at radius 2 is 1.71 bits per heavy atom. The topological polar surface area (TPSA) is 67.6 Å². The second-order valence-corrected chi connectivity index (χ2v) is 5.59. The van der Waals surface area contributed by atoms with Gasteiger partial charge < -0.3 is 18.9 Å². The van der Waals surface area contributed by atoms with Crippen molar-refractivity contribution in [3.63, 3.8) is 0 Å². The summed E-state index contributed by atoms with van der Waals surface area (Å²) in [4.78, 5) is 0. The lowest BCUT2D eigenvalue weighted by molar-refractivity contribution is -0.0165. The van der Waals surface area contributed by atoms with Gasteiger partial charge in [-0.25, -0.2) is 4.68 Å². The van der Waals surface area contributed by atoms with Crippen LogP contribution >= 0.6 is 0 Å². The molecule has 1 aromatic rings. The van der Waals surface area contributed by atoms with Crippen LogP contribution in [0.25, 0.3) is 0 Å². The van der Waals surface area contributed by atoms with Crippen molar-refractivity contribution in [2.45, 2.75) is 39.5 Å². The third kappa shape index (κ3) is 9.52. The van der Waals surface area contributed by atoms with E-state index in [1.807, 2.05) is 27.0 Å². The van der Waals surface area contributed by atoms with Crippen molar-refractivity contribution in [1.29, 1.82) is 0 Å². The maximum Gasteiger partial charge on any atom is 0.108 e. The molecule has 21 heavy (non-hydrogen) atoms. The SMILES string of the molecule is COCCOCCOCCn1cc(COC(C)(C)C)nn1. The van der Waals surface area contributed by atoms with Crippen LogP contribution in [0, 0.1) is 0 Å². The van der Waals surface area contributed by atoms with E-state index >= 15 is 0 Å². The zero-order chi connectivity index (χ0) is 15.6. The molecule has 122 valence electrons. The van der Waals surface area contributed by atoms with Gasteiger partial charge in [-0.2, -0.15) is 0 Å². The van der Waals surface area contributed by atoms with Crippen molar-refractivity contribution in [3.8, 4) is 0 Å². The van der Waals surface area contributed by atoms with Gasteiger partial charge in [0, 0.05) is 7.11 Å². The van der Waals surface area contributed by atoms with E-state index in [1.54, 1.807) is 11.8 Å². The zero-order valence-corrected chi connectivity index (χ0v) is 13.5. The summed E-state index contributed by atoms with van der Waals surface area (Å²) < 4.78 is 23.0. The summed E-state index contributed by atoms with van der Waals surface area (Å²) in [6.07, 6.45) is 1.88. The van der Waals surface area contributed by atoms with Gasteiger partial charge in [-0.15, -0.1) is 5.10 Å². The van der Waals surface area contributed by atoms with Gasteiger partial charge >= 0.3 is 0 Å². The molecule has 1 aromatic heterocycles. The number of hydrogen-bond acceptors (Lipinski definition) is 6. The van der Waals surface area contributed by atoms with Gasteiger partial charge in [-0.05, 0) is 20.8 Å². The summed E-state index contributed by atoms with van der Waals surface area (Å²) in [5.74, 6) is 0. The standard InChI is InChI=1S/C14H27N3O4/c1-14(2,3)21-12-13-11-17(16-15-13)5-6-19-9-10-20-8-7-18-4/h11H,5-10,12H2,1-4H3. The molecule has 0 aliphatic carbocycles. The highest BCUT2D eigenvalue weighted by molar-refractivity contribution is 4.90. The monoisotopic (exact) mass is 301 g/mol. The van der Waals surface area contributed by atoms with E-state index in [4.69, 9.17) is 18.9 Å². The minimum atomic E-state index is -0.171. The van der Waals surface area contributed by atoms with Gasteiger partial charge in [0.05, 0.1) is 58.0 Å². The Morgan fingerprint density at radius 3 is 2.38 bits per heavy atom. The molecule has 0 unspecified atom stereocenters. The van der Waals surface area contributed by atoms with Gasteiger partial charge in [0.2, 0.25) is 0 Å². The highest BCUT2D eigenvalue weighted by Crippen LogP contribution is 2.09. The third-order valence-corrected chi connectivity index (χ3v) is 2.51. The first-order valence-corrected chi connectivity index (χ1v) is 7.18. The van der Waals surface area contributed by atoms with Crippen molar-refractivity contribution in [2.24, 2.45) is 0 Å². The van der Waals surface area contributed by atoms with E-state index in [1.165, 1.54) is 0 Å². The van der Waals surface area contributed by atoms with Crippen LogP contribution in [0.1, 0.15) is 26.5 Å². The van der Waals surface area contributed by atoms with Gasteiger partial charge in [0.25, 0.3) is 0 Å². The summed E-state index contributed by atoms with van der Waals surface area (Å²) in [5, 5.41) is 8.10. The number of rotatable bonds is 11. The highest BCUT2D eigenvalue weighted by atomic mass is 16.5. The Kier molecular flexibility index (Phi) is 8.44. The number of ether oxygens (including phenoxy) is 4. The Morgan fingerprint density at radius 1 is 1.05 bits per heavy atom. The molecular formula is C14H27N3O4. The van der Waals surface area contributed by atoms with Crippen LogP contribution in [0.15, 0.2) is 6.20 Å². The quantitative estimate of drug-likeness (QED) is 0.573. The molecular weight excluding hydrogens is 274 g/mol. The van der Waals surface area contributed by atoms with Crippen LogP contribution in [-0.2, 0) is 32.1 Å². The Labute approximate surface area is 126 Å². The predicted molar refractivity (Wildman–Crippen MR) is 78.1 cm³/mol. The van der Waals surface area contributed by atoms with E-state index in [2.05, 4.69) is 10.3 Å². The van der Waals surface area contributed by atoms with Gasteiger partial charge in [-0.1, -0.05) is 5.21 Å². The highest BCUT2D eigenvalue weighted by Gasteiger charge is 2.11. The normalized spacial score (nSPS) is 12.0. The van der Waals surface area contributed by atoms with Crippen molar-refractivity contribution < 1.29 is 18.9 Å². The van der Waals surface area contributed by atoms with Crippen molar-refractivity contribution >= 4 is 0 Å². The van der Waals surface area contributed by atoms with Crippen LogP contribution in [0.4, 0.5) is 0 Å². The Hall–Kier alpha value is -1.02. The molecule has 1 heterocycles. The average molecular weight is 301 g/mol. The van der Waals surface area contributed by atoms with Crippen molar-refractivity contribution in [1.82, 2.24) is 15.0 Å². The molecule has 0 amide bonds. The minimum Gasteiger partial charge on any atom is -0.382 e. The van der Waals surface area contributed by atoms with Crippen LogP contribution in [0.2, 0.25) is 0 Å². The van der Waals surface area contributed by atoms with Crippen LogP contribution in [0.5, 0.6) is 0 Å². The molecule has 0 N–H and O–H groups in total. The van der Waals surface area contributed by atoms with Crippen molar-refractivity contribution in [3.05, 3.63) is 11.9 Å². The predicted octanol–water partition coefficient (Wildman–Crippen LogP) is 1.27. The molecule has 0 spiro atoms. The molecule has 0 aliphatic heterocycles. The maximum atomic E-state index is 5.64. The first-order valence-electron chi connectivity index (χ1n) is 7.18. The number of hydrogen-bond donors (Lipinski definition) is 0. The molecule has 0 aliphatic rings. The van der Waals surface area contributed by atoms with Gasteiger partial charge in [0.1, 0.15) is 5.69 Å². The second kappa shape index (κ2) is 9.83. The summed E-state index contributed by atoms with van der Waals surface area (Å²) >= 11 is 0. The van der Waals surface area contributed by atoms with E-state index < -0.39 is 0 Å². The average Bonchev–Trinajstić information content (AvgIpc) is 2.87. The zero-order valence-electron chi connectivity index (χ0n) is 13.5. The lowest BCUT2D eigenvalue weighted by Gasteiger charge is -2.18. The fraction of sp³-hybridized carbons (Fsp3) is 0.857. The molecule has 0 bridgehead atoms. The van der Waals surface area contributed by atoms with E-state index in [0.717, 1.165) is 5.69 Å². The molecule has 7 heteroatoms. The summed E-state index contributed by atoms with van der Waals surface area (Å²) in [6, 6.07) is 0. The molecule has 0 saturated heterocycles. The lowest BCUT2D eigenvalue weighted by atomic mass is 10.2. The molecule has 0 aromatic carbocycles. The Bertz CT molecular complexity index is 377. The van der Waals surface area contributed by atoms with Crippen LogP contribution in [0.3, 0.4) is 0 Å². The minimum absolute atomic E-state index is 0.171. The molecule has 0 radical (unpaired) electrons. The molecule has 7 nitrogen and oxygen atoms in total. The largest absolute Gasteiger partial charge is 0.382 e. The van der Waals surface area contributed by atoms with E-state index in [0.29, 0.717) is 46.2 Å². The maximum absolute atomic E-state index is 5.64. The molecule has 0 atom stereocenters. The van der Waals surface area contributed by atoms with Gasteiger partial charge in [0.15, 0.2) is 0 Å². The first-order chi connectivity index (χ1) is 10.0. The number of methoxy groups -OCH3 is 1. The smallest absolute Gasteiger partial charge is 0.108 e.